The molecule has 1 N–H and O–H groups in total. The second kappa shape index (κ2) is 10.7. The highest BCUT2D eigenvalue weighted by molar-refractivity contribution is 7.91. The van der Waals surface area contributed by atoms with E-state index in [1.54, 1.807) is 44.2 Å². The molecule has 2 heterocycles. The van der Waals surface area contributed by atoms with Gasteiger partial charge in [-0.05, 0) is 38.0 Å². The summed E-state index contributed by atoms with van der Waals surface area (Å²) < 4.78 is 68.8. The Morgan fingerprint density at radius 2 is 1.76 bits per heavy atom. The zero-order chi connectivity index (χ0) is 25.1. The summed E-state index contributed by atoms with van der Waals surface area (Å²) >= 11 is 1.13. The molecule has 0 spiro atoms. The van der Waals surface area contributed by atoms with E-state index in [9.17, 15) is 16.8 Å². The van der Waals surface area contributed by atoms with Crippen molar-refractivity contribution in [3.05, 3.63) is 57.8 Å². The third-order valence-electron chi connectivity index (χ3n) is 5.03. The van der Waals surface area contributed by atoms with Gasteiger partial charge < -0.3 is 14.0 Å². The molecule has 1 unspecified atom stereocenters. The summed E-state index contributed by atoms with van der Waals surface area (Å²) in [5.74, 6) is 0.482. The number of rotatable bonds is 11. The van der Waals surface area contributed by atoms with Gasteiger partial charge in [0, 0.05) is 29.4 Å². The normalized spacial score (nSPS) is 13.3. The van der Waals surface area contributed by atoms with Gasteiger partial charge >= 0.3 is 0 Å². The molecule has 0 saturated heterocycles. The standard InChI is InChI=1S/C22H28N2O7S3/c1-14-12-19(18-8-6-17(7-9-18)13-33(5,25)26)22(32-14)34(27,28)24-21(30-11-10-29-4)20-15(2)16(3)31-23-20/h6-9,12,21,24H,10-11,13H2,1-5H3. The van der Waals surface area contributed by atoms with Crippen LogP contribution in [0, 0.1) is 20.8 Å². The number of thiophene rings is 1. The smallest absolute Gasteiger partial charge is 0.253 e. The Morgan fingerprint density at radius 1 is 1.09 bits per heavy atom. The van der Waals surface area contributed by atoms with Crippen molar-refractivity contribution in [2.24, 2.45) is 0 Å². The van der Waals surface area contributed by atoms with Crippen LogP contribution in [0.3, 0.4) is 0 Å². The first-order chi connectivity index (χ1) is 15.9. The van der Waals surface area contributed by atoms with Crippen LogP contribution in [0.1, 0.15) is 33.7 Å². The first-order valence-corrected chi connectivity index (χ1v) is 14.7. The minimum Gasteiger partial charge on any atom is -0.382 e. The summed E-state index contributed by atoms with van der Waals surface area (Å²) in [5.41, 5.74) is 2.84. The van der Waals surface area contributed by atoms with Crippen molar-refractivity contribution in [3.63, 3.8) is 0 Å². The second-order valence-electron chi connectivity index (χ2n) is 7.94. The van der Waals surface area contributed by atoms with Crippen LogP contribution in [0.2, 0.25) is 0 Å². The molecule has 3 aromatic rings. The highest BCUT2D eigenvalue weighted by Crippen LogP contribution is 2.36. The third-order valence-corrected chi connectivity index (χ3v) is 8.88. The lowest BCUT2D eigenvalue weighted by Gasteiger charge is -2.18. The molecule has 0 aliphatic carbocycles. The summed E-state index contributed by atoms with van der Waals surface area (Å²) in [4.78, 5) is 0.806. The van der Waals surface area contributed by atoms with Crippen LogP contribution in [0.4, 0.5) is 0 Å². The summed E-state index contributed by atoms with van der Waals surface area (Å²) in [6.07, 6.45) is 0.105. The molecule has 3 rings (SSSR count). The minimum absolute atomic E-state index is 0.0837. The predicted octanol–water partition coefficient (Wildman–Crippen LogP) is 3.51. The Kier molecular flexibility index (Phi) is 8.32. The van der Waals surface area contributed by atoms with Gasteiger partial charge in [-0.1, -0.05) is 29.4 Å². The van der Waals surface area contributed by atoms with Gasteiger partial charge in [-0.2, -0.15) is 4.72 Å². The Bertz CT molecular complexity index is 1340. The van der Waals surface area contributed by atoms with E-state index in [4.69, 9.17) is 14.0 Å². The summed E-state index contributed by atoms with van der Waals surface area (Å²) in [5, 5.41) is 3.98. The quantitative estimate of drug-likeness (QED) is 0.296. The van der Waals surface area contributed by atoms with E-state index in [0.717, 1.165) is 16.2 Å². The predicted molar refractivity (Wildman–Crippen MR) is 130 cm³/mol. The Balaban J connectivity index is 1.94. The summed E-state index contributed by atoms with van der Waals surface area (Å²) in [6.45, 7) is 5.76. The number of sulfonamides is 1. The van der Waals surface area contributed by atoms with Crippen molar-refractivity contribution in [2.75, 3.05) is 26.6 Å². The van der Waals surface area contributed by atoms with Gasteiger partial charge in [-0.15, -0.1) is 11.3 Å². The molecule has 186 valence electrons. The molecule has 0 aliphatic rings. The molecular formula is C22H28N2O7S3. The molecule has 1 atom stereocenters. The van der Waals surface area contributed by atoms with Crippen LogP contribution in [0.15, 0.2) is 39.1 Å². The first kappa shape index (κ1) is 26.5. The van der Waals surface area contributed by atoms with Crippen molar-refractivity contribution >= 4 is 31.2 Å². The second-order valence-corrected chi connectivity index (χ2v) is 13.2. The fourth-order valence-corrected chi connectivity index (χ4v) is 6.84. The number of ether oxygens (including phenoxy) is 2. The fraction of sp³-hybridized carbons (Fsp3) is 0.409. The van der Waals surface area contributed by atoms with E-state index in [-0.39, 0.29) is 23.2 Å². The van der Waals surface area contributed by atoms with E-state index < -0.39 is 26.1 Å². The van der Waals surface area contributed by atoms with Gasteiger partial charge in [0.2, 0.25) is 0 Å². The monoisotopic (exact) mass is 528 g/mol. The molecule has 0 aliphatic heterocycles. The van der Waals surface area contributed by atoms with Crippen LogP contribution >= 0.6 is 11.3 Å². The van der Waals surface area contributed by atoms with Crippen LogP contribution in [0.5, 0.6) is 0 Å². The lowest BCUT2D eigenvalue weighted by molar-refractivity contribution is 0.00691. The molecule has 0 fully saturated rings. The van der Waals surface area contributed by atoms with E-state index in [0.29, 0.717) is 33.7 Å². The molecule has 0 bridgehead atoms. The lowest BCUT2D eigenvalue weighted by Crippen LogP contribution is -2.31. The number of sulfone groups is 1. The number of benzene rings is 1. The van der Waals surface area contributed by atoms with E-state index in [1.807, 2.05) is 6.92 Å². The van der Waals surface area contributed by atoms with E-state index in [1.165, 1.54) is 13.4 Å². The van der Waals surface area contributed by atoms with Crippen molar-refractivity contribution in [2.45, 2.75) is 37.0 Å². The fourth-order valence-electron chi connectivity index (χ4n) is 3.27. The largest absolute Gasteiger partial charge is 0.382 e. The minimum atomic E-state index is -4.02. The maximum Gasteiger partial charge on any atom is 0.253 e. The number of hydrogen-bond donors (Lipinski definition) is 1. The van der Waals surface area contributed by atoms with Crippen molar-refractivity contribution in [3.8, 4) is 11.1 Å². The maximum absolute atomic E-state index is 13.5. The molecule has 2 aromatic heterocycles. The SMILES string of the molecule is COCCOC(NS(=O)(=O)c1sc(C)cc1-c1ccc(CS(C)(=O)=O)cc1)c1noc(C)c1C. The van der Waals surface area contributed by atoms with Gasteiger partial charge in [0.05, 0.1) is 19.0 Å². The van der Waals surface area contributed by atoms with Crippen LogP contribution in [0.25, 0.3) is 11.1 Å². The first-order valence-electron chi connectivity index (χ1n) is 10.3. The van der Waals surface area contributed by atoms with Crippen LogP contribution in [-0.2, 0) is 35.1 Å². The number of methoxy groups -OCH3 is 1. The van der Waals surface area contributed by atoms with Gasteiger partial charge in [-0.3, -0.25) is 0 Å². The van der Waals surface area contributed by atoms with Gasteiger partial charge in [-0.25, -0.2) is 16.8 Å². The number of aromatic nitrogens is 1. The summed E-state index contributed by atoms with van der Waals surface area (Å²) in [7, 11) is -5.67. The third kappa shape index (κ3) is 6.52. The Hall–Kier alpha value is -2.09. The molecule has 0 saturated carbocycles. The van der Waals surface area contributed by atoms with Crippen molar-refractivity contribution in [1.29, 1.82) is 0 Å². The van der Waals surface area contributed by atoms with Crippen molar-refractivity contribution < 1.29 is 30.8 Å². The molecule has 0 radical (unpaired) electrons. The van der Waals surface area contributed by atoms with Gasteiger partial charge in [0.1, 0.15) is 15.7 Å². The number of nitrogens with zero attached hydrogens (tertiary/aromatic N) is 1. The van der Waals surface area contributed by atoms with Crippen LogP contribution in [-0.4, -0.2) is 48.6 Å². The lowest BCUT2D eigenvalue weighted by atomic mass is 10.1. The molecule has 34 heavy (non-hydrogen) atoms. The highest BCUT2D eigenvalue weighted by atomic mass is 32.2. The number of nitrogens with one attached hydrogen (secondary N) is 1. The average molecular weight is 529 g/mol. The average Bonchev–Trinajstić information content (AvgIpc) is 3.30. The summed E-state index contributed by atoms with van der Waals surface area (Å²) in [6, 6.07) is 8.60. The highest BCUT2D eigenvalue weighted by Gasteiger charge is 2.30. The number of hydrogen-bond acceptors (Lipinski definition) is 9. The zero-order valence-corrected chi connectivity index (χ0v) is 22.1. The Morgan fingerprint density at radius 3 is 2.32 bits per heavy atom. The molecular weight excluding hydrogens is 500 g/mol. The maximum atomic E-state index is 13.5. The molecule has 12 heteroatoms. The molecule has 9 nitrogen and oxygen atoms in total. The van der Waals surface area contributed by atoms with Crippen LogP contribution < -0.4 is 4.72 Å². The van der Waals surface area contributed by atoms with E-state index >= 15 is 0 Å². The van der Waals surface area contributed by atoms with Gasteiger partial charge in [0.25, 0.3) is 10.0 Å². The van der Waals surface area contributed by atoms with Crippen molar-refractivity contribution in [1.82, 2.24) is 9.88 Å². The molecule has 0 amide bonds. The van der Waals surface area contributed by atoms with E-state index in [2.05, 4.69) is 9.88 Å². The molecule has 1 aromatic carbocycles. The zero-order valence-electron chi connectivity index (χ0n) is 19.6. The van der Waals surface area contributed by atoms with Gasteiger partial charge in [0.15, 0.2) is 16.1 Å². The Labute approximate surface area is 204 Å². The topological polar surface area (TPSA) is 125 Å². The number of aryl methyl sites for hydroxylation is 2.